The predicted octanol–water partition coefficient (Wildman–Crippen LogP) is 0.908. The lowest BCUT2D eigenvalue weighted by Gasteiger charge is -2.21. The summed E-state index contributed by atoms with van der Waals surface area (Å²) in [5.74, 6) is -0.112. The van der Waals surface area contributed by atoms with Crippen LogP contribution in [0.3, 0.4) is 0 Å². The predicted molar refractivity (Wildman–Crippen MR) is 71.3 cm³/mol. The van der Waals surface area contributed by atoms with Gasteiger partial charge in [-0.3, -0.25) is 4.79 Å². The molecule has 1 rings (SSSR count). The van der Waals surface area contributed by atoms with Crippen molar-refractivity contribution in [2.24, 2.45) is 5.73 Å². The quantitative estimate of drug-likeness (QED) is 0.748. The van der Waals surface area contributed by atoms with Gasteiger partial charge in [-0.2, -0.15) is 0 Å². The Hall–Kier alpha value is -1.05. The van der Waals surface area contributed by atoms with Crippen LogP contribution in [0.1, 0.15) is 16.9 Å². The Bertz CT molecular complexity index is 368. The van der Waals surface area contributed by atoms with Crippen LogP contribution in [-0.4, -0.2) is 47.6 Å². The van der Waals surface area contributed by atoms with Crippen LogP contribution in [0.5, 0.6) is 0 Å². The summed E-state index contributed by atoms with van der Waals surface area (Å²) in [5, 5.41) is 1.73. The summed E-state index contributed by atoms with van der Waals surface area (Å²) in [5.41, 5.74) is 7.52. The maximum Gasteiger partial charge on any atom is 0.273 e. The average molecular weight is 273 g/mol. The number of ether oxygens (including phenoxy) is 1. The lowest BCUT2D eigenvalue weighted by molar-refractivity contribution is 0.0696. The number of methoxy groups -OCH3 is 1. The lowest BCUT2D eigenvalue weighted by atomic mass is 10.3. The van der Waals surface area contributed by atoms with Gasteiger partial charge in [0.2, 0.25) is 0 Å². The largest absolute Gasteiger partial charge is 0.393 e. The Labute approximate surface area is 110 Å². The average Bonchev–Trinajstić information content (AvgIpc) is 2.81. The number of carbonyl (C=O) groups excluding carboxylic acids is 1. The van der Waals surface area contributed by atoms with Gasteiger partial charge in [-0.1, -0.05) is 12.2 Å². The molecule has 0 aromatic carbocycles. The Kier molecular flexibility index (Phi) is 6.03. The van der Waals surface area contributed by atoms with Gasteiger partial charge in [-0.05, 0) is 0 Å². The standard InChI is InChI=1S/C10H15N3O2S2/c1-15-5-4-13(3-2-9(11)16)10(14)8-6-17-7-12-8/h6-7H,2-5H2,1H3,(H2,11,16). The molecule has 0 saturated carbocycles. The maximum absolute atomic E-state index is 12.1. The highest BCUT2D eigenvalue weighted by molar-refractivity contribution is 7.80. The highest BCUT2D eigenvalue weighted by Gasteiger charge is 2.17. The minimum atomic E-state index is -0.112. The smallest absolute Gasteiger partial charge is 0.273 e. The molecule has 1 aromatic heterocycles. The first kappa shape index (κ1) is 14.0. The van der Waals surface area contributed by atoms with Gasteiger partial charge in [0.1, 0.15) is 5.69 Å². The number of nitrogens with two attached hydrogens (primary N) is 1. The fraction of sp³-hybridized carbons (Fsp3) is 0.500. The molecule has 0 aliphatic heterocycles. The first-order chi connectivity index (χ1) is 8.15. The second-order valence-corrected chi connectivity index (χ2v) is 4.62. The molecular formula is C10H15N3O2S2. The molecule has 2 N–H and O–H groups in total. The Morgan fingerprint density at radius 3 is 2.94 bits per heavy atom. The van der Waals surface area contributed by atoms with Crippen molar-refractivity contribution in [3.63, 3.8) is 0 Å². The molecule has 0 atom stereocenters. The highest BCUT2D eigenvalue weighted by atomic mass is 32.1. The molecule has 1 amide bonds. The molecular weight excluding hydrogens is 258 g/mol. The Morgan fingerprint density at radius 1 is 1.65 bits per heavy atom. The Balaban J connectivity index is 2.61. The first-order valence-electron chi connectivity index (χ1n) is 5.10. The van der Waals surface area contributed by atoms with E-state index in [0.29, 0.717) is 36.8 Å². The first-order valence-corrected chi connectivity index (χ1v) is 6.45. The van der Waals surface area contributed by atoms with E-state index in [1.54, 1.807) is 22.9 Å². The molecule has 0 aliphatic carbocycles. The normalized spacial score (nSPS) is 10.2. The number of amides is 1. The van der Waals surface area contributed by atoms with E-state index in [4.69, 9.17) is 22.7 Å². The van der Waals surface area contributed by atoms with Crippen molar-refractivity contribution in [3.8, 4) is 0 Å². The van der Waals surface area contributed by atoms with Crippen LogP contribution in [0.25, 0.3) is 0 Å². The summed E-state index contributed by atoms with van der Waals surface area (Å²) in [4.78, 5) is 18.1. The number of thiocarbonyl (C=S) groups is 1. The van der Waals surface area contributed by atoms with E-state index in [2.05, 4.69) is 4.98 Å². The molecule has 0 fully saturated rings. The van der Waals surface area contributed by atoms with Gasteiger partial charge in [-0.25, -0.2) is 4.98 Å². The summed E-state index contributed by atoms with van der Waals surface area (Å²) in [6.07, 6.45) is 0.509. The number of hydrogen-bond acceptors (Lipinski definition) is 5. The zero-order chi connectivity index (χ0) is 12.7. The van der Waals surface area contributed by atoms with Gasteiger partial charge >= 0.3 is 0 Å². The van der Waals surface area contributed by atoms with E-state index in [1.807, 2.05) is 0 Å². The van der Waals surface area contributed by atoms with Gasteiger partial charge < -0.3 is 15.4 Å². The van der Waals surface area contributed by atoms with Crippen molar-refractivity contribution in [3.05, 3.63) is 16.6 Å². The molecule has 1 aromatic rings. The zero-order valence-corrected chi connectivity index (χ0v) is 11.2. The van der Waals surface area contributed by atoms with Crippen LogP contribution in [0.2, 0.25) is 0 Å². The monoisotopic (exact) mass is 273 g/mol. The summed E-state index contributed by atoms with van der Waals surface area (Å²) >= 11 is 6.20. The lowest BCUT2D eigenvalue weighted by Crippen LogP contribution is -2.36. The molecule has 0 bridgehead atoms. The summed E-state index contributed by atoms with van der Waals surface area (Å²) in [7, 11) is 1.60. The molecule has 5 nitrogen and oxygen atoms in total. The summed E-state index contributed by atoms with van der Waals surface area (Å²) in [6, 6.07) is 0. The highest BCUT2D eigenvalue weighted by Crippen LogP contribution is 2.06. The second kappa shape index (κ2) is 7.31. The minimum absolute atomic E-state index is 0.112. The Morgan fingerprint density at radius 2 is 2.41 bits per heavy atom. The SMILES string of the molecule is COCCN(CCC(N)=S)C(=O)c1cscn1. The van der Waals surface area contributed by atoms with Crippen LogP contribution >= 0.6 is 23.6 Å². The van der Waals surface area contributed by atoms with E-state index in [1.165, 1.54) is 11.3 Å². The van der Waals surface area contributed by atoms with E-state index in [0.717, 1.165) is 0 Å². The maximum atomic E-state index is 12.1. The molecule has 0 unspecified atom stereocenters. The second-order valence-electron chi connectivity index (χ2n) is 3.37. The van der Waals surface area contributed by atoms with Gasteiger partial charge in [0, 0.05) is 32.0 Å². The van der Waals surface area contributed by atoms with Crippen molar-refractivity contribution < 1.29 is 9.53 Å². The van der Waals surface area contributed by atoms with Crippen LogP contribution in [0, 0.1) is 0 Å². The summed E-state index contributed by atoms with van der Waals surface area (Å²) in [6.45, 7) is 1.48. The third-order valence-electron chi connectivity index (χ3n) is 2.13. The zero-order valence-electron chi connectivity index (χ0n) is 9.59. The van der Waals surface area contributed by atoms with Crippen molar-refractivity contribution in [2.45, 2.75) is 6.42 Å². The fourth-order valence-corrected chi connectivity index (χ4v) is 1.86. The minimum Gasteiger partial charge on any atom is -0.393 e. The van der Waals surface area contributed by atoms with Crippen LogP contribution in [0.4, 0.5) is 0 Å². The molecule has 0 saturated heterocycles. The van der Waals surface area contributed by atoms with Crippen LogP contribution < -0.4 is 5.73 Å². The number of carbonyl (C=O) groups is 1. The number of thiazole rings is 1. The van der Waals surface area contributed by atoms with E-state index < -0.39 is 0 Å². The van der Waals surface area contributed by atoms with Crippen molar-refractivity contribution >= 4 is 34.5 Å². The number of hydrogen-bond donors (Lipinski definition) is 1. The molecule has 7 heteroatoms. The summed E-state index contributed by atoms with van der Waals surface area (Å²) < 4.78 is 4.97. The van der Waals surface area contributed by atoms with Crippen LogP contribution in [0.15, 0.2) is 10.9 Å². The molecule has 0 aliphatic rings. The van der Waals surface area contributed by atoms with Crippen LogP contribution in [-0.2, 0) is 4.74 Å². The van der Waals surface area contributed by atoms with Crippen molar-refractivity contribution in [1.82, 2.24) is 9.88 Å². The van der Waals surface area contributed by atoms with Gasteiger partial charge in [0.05, 0.1) is 17.1 Å². The van der Waals surface area contributed by atoms with Crippen molar-refractivity contribution in [1.29, 1.82) is 0 Å². The molecule has 94 valence electrons. The topological polar surface area (TPSA) is 68.5 Å². The number of nitrogens with zero attached hydrogens (tertiary/aromatic N) is 2. The van der Waals surface area contributed by atoms with Gasteiger partial charge in [0.25, 0.3) is 5.91 Å². The fourth-order valence-electron chi connectivity index (χ4n) is 1.24. The van der Waals surface area contributed by atoms with E-state index in [-0.39, 0.29) is 5.91 Å². The number of rotatable bonds is 7. The van der Waals surface area contributed by atoms with Gasteiger partial charge in [0.15, 0.2) is 0 Å². The van der Waals surface area contributed by atoms with Crippen molar-refractivity contribution in [2.75, 3.05) is 26.8 Å². The molecule has 1 heterocycles. The molecule has 0 radical (unpaired) electrons. The molecule has 17 heavy (non-hydrogen) atoms. The van der Waals surface area contributed by atoms with Gasteiger partial charge in [-0.15, -0.1) is 11.3 Å². The number of aromatic nitrogens is 1. The third kappa shape index (κ3) is 4.76. The van der Waals surface area contributed by atoms with E-state index in [9.17, 15) is 4.79 Å². The third-order valence-corrected chi connectivity index (χ3v) is 2.92. The van der Waals surface area contributed by atoms with E-state index >= 15 is 0 Å². The molecule has 0 spiro atoms.